The fourth-order valence-corrected chi connectivity index (χ4v) is 1.89. The second-order valence-electron chi connectivity index (χ2n) is 4.19. The Morgan fingerprint density at radius 1 is 1.64 bits per heavy atom. The summed E-state index contributed by atoms with van der Waals surface area (Å²) < 4.78 is 0. The molecule has 82 valence electrons. The fraction of sp³-hybridized carbons (Fsp3) is 0.900. The Kier molecular flexibility index (Phi) is 3.89. The molecule has 1 aliphatic rings. The number of piperazine rings is 1. The maximum Gasteiger partial charge on any atom is 0.236 e. The zero-order valence-electron chi connectivity index (χ0n) is 9.36. The lowest BCUT2D eigenvalue weighted by molar-refractivity contribution is -0.137. The zero-order chi connectivity index (χ0) is 10.7. The van der Waals surface area contributed by atoms with E-state index in [1.807, 2.05) is 18.7 Å². The monoisotopic (exact) mass is 199 g/mol. The maximum absolute atomic E-state index is 11.6. The van der Waals surface area contributed by atoms with E-state index in [1.54, 1.807) is 0 Å². The molecule has 0 radical (unpaired) electrons. The summed E-state index contributed by atoms with van der Waals surface area (Å²) in [4.78, 5) is 15.7. The summed E-state index contributed by atoms with van der Waals surface area (Å²) >= 11 is 0. The summed E-state index contributed by atoms with van der Waals surface area (Å²) in [5.41, 5.74) is 5.73. The first-order valence-corrected chi connectivity index (χ1v) is 5.32. The van der Waals surface area contributed by atoms with Crippen LogP contribution >= 0.6 is 0 Å². The van der Waals surface area contributed by atoms with Gasteiger partial charge in [-0.3, -0.25) is 9.69 Å². The summed E-state index contributed by atoms with van der Waals surface area (Å²) in [6.45, 7) is 9.13. The van der Waals surface area contributed by atoms with Crippen molar-refractivity contribution in [2.45, 2.75) is 32.9 Å². The predicted molar refractivity (Wildman–Crippen MR) is 56.9 cm³/mol. The van der Waals surface area contributed by atoms with Crippen LogP contribution in [0.1, 0.15) is 20.8 Å². The van der Waals surface area contributed by atoms with Crippen LogP contribution in [0.3, 0.4) is 0 Å². The lowest BCUT2D eigenvalue weighted by Gasteiger charge is -2.39. The minimum Gasteiger partial charge on any atom is -0.340 e. The number of likely N-dealkylation sites (N-methyl/N-ethyl adjacent to an activating group) is 1. The van der Waals surface area contributed by atoms with Gasteiger partial charge < -0.3 is 10.6 Å². The average molecular weight is 199 g/mol. The highest BCUT2D eigenvalue weighted by molar-refractivity contribution is 5.79. The van der Waals surface area contributed by atoms with Gasteiger partial charge in [-0.05, 0) is 20.8 Å². The first kappa shape index (κ1) is 11.5. The standard InChI is InChI=1S/C10H21N3O/c1-4-12-6-9(3)13(5-8(2)11)7-10(12)14/h8-9H,4-7,11H2,1-3H3. The molecule has 4 heteroatoms. The minimum absolute atomic E-state index is 0.137. The van der Waals surface area contributed by atoms with Crippen molar-refractivity contribution < 1.29 is 4.79 Å². The van der Waals surface area contributed by atoms with E-state index in [9.17, 15) is 4.79 Å². The van der Waals surface area contributed by atoms with Crippen LogP contribution in [-0.2, 0) is 4.79 Å². The summed E-state index contributed by atoms with van der Waals surface area (Å²) in [5.74, 6) is 0.228. The quantitative estimate of drug-likeness (QED) is 0.690. The van der Waals surface area contributed by atoms with E-state index in [1.165, 1.54) is 0 Å². The Morgan fingerprint density at radius 3 is 2.79 bits per heavy atom. The fourth-order valence-electron chi connectivity index (χ4n) is 1.89. The van der Waals surface area contributed by atoms with Crippen LogP contribution in [0.4, 0.5) is 0 Å². The Bertz CT molecular complexity index is 206. The van der Waals surface area contributed by atoms with Crippen molar-refractivity contribution in [1.29, 1.82) is 0 Å². The molecule has 0 spiro atoms. The molecule has 1 saturated heterocycles. The predicted octanol–water partition coefficient (Wildman–Crippen LogP) is -0.114. The van der Waals surface area contributed by atoms with Crippen molar-refractivity contribution >= 4 is 5.91 Å². The van der Waals surface area contributed by atoms with Crippen molar-refractivity contribution in [2.75, 3.05) is 26.2 Å². The Morgan fingerprint density at radius 2 is 2.29 bits per heavy atom. The smallest absolute Gasteiger partial charge is 0.236 e. The third-order valence-electron chi connectivity index (χ3n) is 2.70. The topological polar surface area (TPSA) is 49.6 Å². The van der Waals surface area contributed by atoms with Gasteiger partial charge in [0.25, 0.3) is 0 Å². The van der Waals surface area contributed by atoms with E-state index in [0.29, 0.717) is 12.6 Å². The Balaban J connectivity index is 2.53. The van der Waals surface area contributed by atoms with E-state index >= 15 is 0 Å². The largest absolute Gasteiger partial charge is 0.340 e. The highest BCUT2D eigenvalue weighted by Crippen LogP contribution is 2.10. The SMILES string of the molecule is CCN1CC(C)N(CC(C)N)CC1=O. The third-order valence-corrected chi connectivity index (χ3v) is 2.70. The van der Waals surface area contributed by atoms with Crippen molar-refractivity contribution in [2.24, 2.45) is 5.73 Å². The normalized spacial score (nSPS) is 26.7. The molecule has 1 fully saturated rings. The van der Waals surface area contributed by atoms with Gasteiger partial charge in [0, 0.05) is 31.7 Å². The first-order valence-electron chi connectivity index (χ1n) is 5.32. The van der Waals surface area contributed by atoms with Crippen LogP contribution in [0.5, 0.6) is 0 Å². The van der Waals surface area contributed by atoms with Gasteiger partial charge in [-0.15, -0.1) is 0 Å². The highest BCUT2D eigenvalue weighted by Gasteiger charge is 2.28. The van der Waals surface area contributed by atoms with Gasteiger partial charge >= 0.3 is 0 Å². The molecule has 0 aromatic heterocycles. The second kappa shape index (κ2) is 4.75. The molecular weight excluding hydrogens is 178 g/mol. The molecular formula is C10H21N3O. The molecule has 1 aliphatic heterocycles. The van der Waals surface area contributed by atoms with Crippen molar-refractivity contribution in [3.05, 3.63) is 0 Å². The van der Waals surface area contributed by atoms with E-state index in [2.05, 4.69) is 11.8 Å². The minimum atomic E-state index is 0.137. The molecule has 4 nitrogen and oxygen atoms in total. The molecule has 0 bridgehead atoms. The van der Waals surface area contributed by atoms with Gasteiger partial charge in [0.1, 0.15) is 0 Å². The lowest BCUT2D eigenvalue weighted by Crippen LogP contribution is -2.56. The van der Waals surface area contributed by atoms with E-state index in [4.69, 9.17) is 5.73 Å². The van der Waals surface area contributed by atoms with Gasteiger partial charge in [-0.25, -0.2) is 0 Å². The van der Waals surface area contributed by atoms with Gasteiger partial charge in [0.05, 0.1) is 6.54 Å². The number of rotatable bonds is 3. The molecule has 0 aromatic rings. The van der Waals surface area contributed by atoms with Crippen molar-refractivity contribution in [3.8, 4) is 0 Å². The molecule has 2 unspecified atom stereocenters. The number of nitrogens with zero attached hydrogens (tertiary/aromatic N) is 2. The molecule has 0 saturated carbocycles. The number of nitrogens with two attached hydrogens (primary N) is 1. The molecule has 2 atom stereocenters. The molecule has 1 rings (SSSR count). The van der Waals surface area contributed by atoms with Crippen LogP contribution in [0.2, 0.25) is 0 Å². The summed E-state index contributed by atoms with van der Waals surface area (Å²) in [6.07, 6.45) is 0. The van der Waals surface area contributed by atoms with Crippen LogP contribution < -0.4 is 5.73 Å². The van der Waals surface area contributed by atoms with Crippen LogP contribution in [0, 0.1) is 0 Å². The van der Waals surface area contributed by atoms with Gasteiger partial charge in [-0.2, -0.15) is 0 Å². The van der Waals surface area contributed by atoms with Crippen LogP contribution in [0.15, 0.2) is 0 Å². The lowest BCUT2D eigenvalue weighted by atomic mass is 10.1. The first-order chi connectivity index (χ1) is 6.54. The van der Waals surface area contributed by atoms with Gasteiger partial charge in [0.15, 0.2) is 0 Å². The summed E-state index contributed by atoms with van der Waals surface area (Å²) in [6, 6.07) is 0.567. The Labute approximate surface area is 86.0 Å². The summed E-state index contributed by atoms with van der Waals surface area (Å²) in [7, 11) is 0. The van der Waals surface area contributed by atoms with Crippen molar-refractivity contribution in [3.63, 3.8) is 0 Å². The average Bonchev–Trinajstić information content (AvgIpc) is 2.10. The molecule has 0 aliphatic carbocycles. The molecule has 2 N–H and O–H groups in total. The number of hydrogen-bond donors (Lipinski definition) is 1. The number of hydrogen-bond acceptors (Lipinski definition) is 3. The van der Waals surface area contributed by atoms with Crippen LogP contribution in [-0.4, -0.2) is 54.0 Å². The molecule has 1 amide bonds. The second-order valence-corrected chi connectivity index (χ2v) is 4.19. The maximum atomic E-state index is 11.6. The number of carbonyl (C=O) groups is 1. The van der Waals surface area contributed by atoms with Gasteiger partial charge in [-0.1, -0.05) is 0 Å². The van der Waals surface area contributed by atoms with Crippen molar-refractivity contribution in [1.82, 2.24) is 9.80 Å². The Hall–Kier alpha value is -0.610. The number of amides is 1. The van der Waals surface area contributed by atoms with Gasteiger partial charge in [0.2, 0.25) is 5.91 Å². The number of carbonyl (C=O) groups excluding carboxylic acids is 1. The van der Waals surface area contributed by atoms with E-state index in [0.717, 1.165) is 19.6 Å². The highest BCUT2D eigenvalue weighted by atomic mass is 16.2. The molecule has 0 aromatic carbocycles. The van der Waals surface area contributed by atoms with Crippen LogP contribution in [0.25, 0.3) is 0 Å². The van der Waals surface area contributed by atoms with E-state index in [-0.39, 0.29) is 11.9 Å². The zero-order valence-corrected chi connectivity index (χ0v) is 9.36. The van der Waals surface area contributed by atoms with E-state index < -0.39 is 0 Å². The third kappa shape index (κ3) is 2.69. The molecule has 14 heavy (non-hydrogen) atoms. The molecule has 1 heterocycles. The summed E-state index contributed by atoms with van der Waals surface area (Å²) in [5, 5.41) is 0.